The number of methoxy groups -OCH3 is 1. The fraction of sp³-hybridized carbons (Fsp3) is 0.385. The molecular weight excluding hydrogens is 238 g/mol. The van der Waals surface area contributed by atoms with Crippen molar-refractivity contribution in [3.63, 3.8) is 0 Å². The van der Waals surface area contributed by atoms with E-state index < -0.39 is 5.92 Å². The average Bonchev–Trinajstić information content (AvgIpc) is 2.33. The number of aryl methyl sites for hydroxylation is 1. The zero-order valence-corrected chi connectivity index (χ0v) is 10.8. The number of halogens is 1. The second-order valence-electron chi connectivity index (χ2n) is 3.76. The quantitative estimate of drug-likeness (QED) is 0.771. The lowest BCUT2D eigenvalue weighted by molar-refractivity contribution is 0.0943. The molecule has 0 fully saturated rings. The highest BCUT2D eigenvalue weighted by Gasteiger charge is 2.22. The number of carbonyl (C=O) groups excluding carboxylic acids is 1. The molecule has 0 saturated heterocycles. The number of Topliss-reactive ketones (excluding diaryl/α,β-unsaturated/α-hetero) is 1. The summed E-state index contributed by atoms with van der Waals surface area (Å²) in [5.41, 5.74) is 1.21. The fourth-order valence-electron chi connectivity index (χ4n) is 1.54. The van der Waals surface area contributed by atoms with Crippen LogP contribution in [0, 0.1) is 24.2 Å². The van der Waals surface area contributed by atoms with Crippen molar-refractivity contribution in [3.05, 3.63) is 28.3 Å². The van der Waals surface area contributed by atoms with Crippen LogP contribution in [0.1, 0.15) is 29.3 Å². The van der Waals surface area contributed by atoms with Gasteiger partial charge in [0, 0.05) is 5.02 Å². The molecule has 1 atom stereocenters. The van der Waals surface area contributed by atoms with Crippen LogP contribution in [0.5, 0.6) is 5.75 Å². The molecule has 0 radical (unpaired) electrons. The molecule has 90 valence electrons. The number of benzene rings is 1. The molecule has 1 aromatic carbocycles. The Morgan fingerprint density at radius 3 is 2.71 bits per heavy atom. The van der Waals surface area contributed by atoms with Crippen LogP contribution >= 0.6 is 11.6 Å². The molecule has 1 aromatic rings. The van der Waals surface area contributed by atoms with E-state index in [-0.39, 0.29) is 5.78 Å². The molecule has 17 heavy (non-hydrogen) atoms. The van der Waals surface area contributed by atoms with Gasteiger partial charge >= 0.3 is 0 Å². The van der Waals surface area contributed by atoms with Crippen LogP contribution < -0.4 is 4.74 Å². The predicted octanol–water partition coefficient (Wildman–Crippen LogP) is 3.39. The maximum atomic E-state index is 12.1. The molecule has 4 heteroatoms. The van der Waals surface area contributed by atoms with E-state index >= 15 is 0 Å². The normalized spacial score (nSPS) is 11.7. The van der Waals surface area contributed by atoms with Gasteiger partial charge in [0.1, 0.15) is 11.7 Å². The monoisotopic (exact) mass is 251 g/mol. The molecular formula is C13H14ClNO2. The zero-order chi connectivity index (χ0) is 13.0. The van der Waals surface area contributed by atoms with E-state index in [2.05, 4.69) is 0 Å². The molecule has 0 aliphatic carbocycles. The fourth-order valence-corrected chi connectivity index (χ4v) is 1.70. The minimum atomic E-state index is -0.650. The molecule has 0 bridgehead atoms. The van der Waals surface area contributed by atoms with Crippen LogP contribution in [-0.4, -0.2) is 12.9 Å². The zero-order valence-electron chi connectivity index (χ0n) is 10.1. The summed E-state index contributed by atoms with van der Waals surface area (Å²) in [5, 5.41) is 9.40. The lowest BCUT2D eigenvalue weighted by Crippen LogP contribution is -2.13. The Morgan fingerprint density at radius 2 is 2.24 bits per heavy atom. The third-order valence-electron chi connectivity index (χ3n) is 2.63. The third kappa shape index (κ3) is 2.78. The lowest BCUT2D eigenvalue weighted by atomic mass is 9.95. The summed E-state index contributed by atoms with van der Waals surface area (Å²) >= 11 is 5.99. The van der Waals surface area contributed by atoms with Crippen molar-refractivity contribution >= 4 is 17.4 Å². The van der Waals surface area contributed by atoms with Crippen molar-refractivity contribution in [1.82, 2.24) is 0 Å². The van der Waals surface area contributed by atoms with Crippen molar-refractivity contribution < 1.29 is 9.53 Å². The summed E-state index contributed by atoms with van der Waals surface area (Å²) in [5.74, 6) is -0.429. The van der Waals surface area contributed by atoms with E-state index in [0.717, 1.165) is 5.56 Å². The second kappa shape index (κ2) is 5.70. The molecule has 0 aromatic heterocycles. The number of nitriles is 1. The number of ketones is 1. The van der Waals surface area contributed by atoms with E-state index in [0.29, 0.717) is 22.8 Å². The van der Waals surface area contributed by atoms with Crippen LogP contribution in [0.15, 0.2) is 12.1 Å². The molecule has 0 heterocycles. The topological polar surface area (TPSA) is 50.1 Å². The third-order valence-corrected chi connectivity index (χ3v) is 3.03. The van der Waals surface area contributed by atoms with Crippen LogP contribution in [0.25, 0.3) is 0 Å². The van der Waals surface area contributed by atoms with Gasteiger partial charge < -0.3 is 4.74 Å². The summed E-state index contributed by atoms with van der Waals surface area (Å²) in [7, 11) is 1.49. The van der Waals surface area contributed by atoms with Gasteiger partial charge in [0.2, 0.25) is 0 Å². The SMILES string of the molecule is CCC(C#N)C(=O)c1cc(Cl)c(C)cc1OC. The first kappa shape index (κ1) is 13.5. The Balaban J connectivity index is 3.26. The van der Waals surface area contributed by atoms with Gasteiger partial charge in [-0.1, -0.05) is 18.5 Å². The first-order chi connectivity index (χ1) is 8.04. The smallest absolute Gasteiger partial charge is 0.183 e. The Kier molecular flexibility index (Phi) is 4.53. The van der Waals surface area contributed by atoms with Crippen molar-refractivity contribution in [2.24, 2.45) is 5.92 Å². The first-order valence-electron chi connectivity index (χ1n) is 5.33. The number of carbonyl (C=O) groups is 1. The first-order valence-corrected chi connectivity index (χ1v) is 5.70. The Labute approximate surface area is 106 Å². The summed E-state index contributed by atoms with van der Waals surface area (Å²) < 4.78 is 5.15. The van der Waals surface area contributed by atoms with E-state index in [9.17, 15) is 4.79 Å². The maximum absolute atomic E-state index is 12.1. The maximum Gasteiger partial charge on any atom is 0.183 e. The van der Waals surface area contributed by atoms with Crippen LogP contribution in [0.3, 0.4) is 0 Å². The molecule has 0 aliphatic heterocycles. The van der Waals surface area contributed by atoms with Gasteiger partial charge in [0.05, 0.1) is 18.7 Å². The molecule has 3 nitrogen and oxygen atoms in total. The van der Waals surface area contributed by atoms with Crippen LogP contribution in [0.2, 0.25) is 5.02 Å². The largest absolute Gasteiger partial charge is 0.496 e. The summed E-state index contributed by atoms with van der Waals surface area (Å²) in [6, 6.07) is 5.26. The minimum absolute atomic E-state index is 0.242. The highest BCUT2D eigenvalue weighted by atomic mass is 35.5. The van der Waals surface area contributed by atoms with Crippen molar-refractivity contribution in [1.29, 1.82) is 5.26 Å². The van der Waals surface area contributed by atoms with Crippen molar-refractivity contribution in [2.45, 2.75) is 20.3 Å². The van der Waals surface area contributed by atoms with Gasteiger partial charge in [-0.15, -0.1) is 0 Å². The number of rotatable bonds is 4. The molecule has 0 N–H and O–H groups in total. The molecule has 0 aliphatic rings. The molecule has 1 rings (SSSR count). The number of hydrogen-bond acceptors (Lipinski definition) is 3. The Hall–Kier alpha value is -1.53. The standard InChI is InChI=1S/C13H14ClNO2/c1-4-9(7-15)13(16)10-6-11(14)8(2)5-12(10)17-3/h5-6,9H,4H2,1-3H3. The highest BCUT2D eigenvalue weighted by molar-refractivity contribution is 6.31. The van der Waals surface area contributed by atoms with E-state index in [4.69, 9.17) is 21.6 Å². The van der Waals surface area contributed by atoms with E-state index in [1.165, 1.54) is 7.11 Å². The van der Waals surface area contributed by atoms with Gasteiger partial charge in [0.15, 0.2) is 5.78 Å². The van der Waals surface area contributed by atoms with Crippen molar-refractivity contribution in [2.75, 3.05) is 7.11 Å². The predicted molar refractivity (Wildman–Crippen MR) is 66.5 cm³/mol. The van der Waals surface area contributed by atoms with E-state index in [1.54, 1.807) is 19.1 Å². The Bertz CT molecular complexity index is 477. The van der Waals surface area contributed by atoms with Gasteiger partial charge in [-0.25, -0.2) is 0 Å². The summed E-state index contributed by atoms with van der Waals surface area (Å²) in [4.78, 5) is 12.1. The van der Waals surface area contributed by atoms with Crippen LogP contribution in [0.4, 0.5) is 0 Å². The van der Waals surface area contributed by atoms with Gasteiger partial charge in [-0.05, 0) is 31.0 Å². The minimum Gasteiger partial charge on any atom is -0.496 e. The average molecular weight is 252 g/mol. The van der Waals surface area contributed by atoms with Crippen LogP contribution in [-0.2, 0) is 0 Å². The van der Waals surface area contributed by atoms with Gasteiger partial charge in [-0.3, -0.25) is 4.79 Å². The molecule has 0 amide bonds. The Morgan fingerprint density at radius 1 is 1.59 bits per heavy atom. The number of hydrogen-bond donors (Lipinski definition) is 0. The van der Waals surface area contributed by atoms with Gasteiger partial charge in [-0.2, -0.15) is 5.26 Å². The summed E-state index contributed by atoms with van der Waals surface area (Å²) in [6.45, 7) is 3.63. The lowest BCUT2D eigenvalue weighted by Gasteiger charge is -2.12. The summed E-state index contributed by atoms with van der Waals surface area (Å²) in [6.07, 6.45) is 0.476. The number of ether oxygens (including phenoxy) is 1. The highest BCUT2D eigenvalue weighted by Crippen LogP contribution is 2.28. The second-order valence-corrected chi connectivity index (χ2v) is 4.16. The molecule has 0 saturated carbocycles. The van der Waals surface area contributed by atoms with Crippen molar-refractivity contribution in [3.8, 4) is 11.8 Å². The molecule has 1 unspecified atom stereocenters. The number of nitrogens with zero attached hydrogens (tertiary/aromatic N) is 1. The van der Waals surface area contributed by atoms with E-state index in [1.807, 2.05) is 13.0 Å². The molecule has 0 spiro atoms. The van der Waals surface area contributed by atoms with Gasteiger partial charge in [0.25, 0.3) is 0 Å².